The molecule has 0 aliphatic carbocycles. The van der Waals surface area contributed by atoms with Gasteiger partial charge in [-0.05, 0) is 68.3 Å². The number of hydrogen-bond acceptors (Lipinski definition) is 7. The van der Waals surface area contributed by atoms with Crippen molar-refractivity contribution in [1.29, 1.82) is 0 Å². The monoisotopic (exact) mass is 507 g/mol. The van der Waals surface area contributed by atoms with Gasteiger partial charge in [0.05, 0.1) is 19.8 Å². The van der Waals surface area contributed by atoms with E-state index in [-0.39, 0.29) is 12.5 Å². The van der Waals surface area contributed by atoms with Gasteiger partial charge in [0.15, 0.2) is 0 Å². The van der Waals surface area contributed by atoms with E-state index in [1.165, 1.54) is 0 Å². The number of ether oxygens (including phenoxy) is 3. The van der Waals surface area contributed by atoms with Crippen LogP contribution in [0, 0.1) is 0 Å². The molecule has 37 heavy (non-hydrogen) atoms. The second-order valence-electron chi connectivity index (χ2n) is 8.61. The molecule has 0 fully saturated rings. The molecule has 1 amide bonds. The van der Waals surface area contributed by atoms with Crippen molar-refractivity contribution in [1.82, 2.24) is 10.3 Å². The molecule has 9 nitrogen and oxygen atoms in total. The van der Waals surface area contributed by atoms with Crippen LogP contribution in [0.4, 0.5) is 5.82 Å². The predicted octanol–water partition coefficient (Wildman–Crippen LogP) is 4.18. The number of aliphatic carboxylic acids is 1. The van der Waals surface area contributed by atoms with Gasteiger partial charge in [0.2, 0.25) is 0 Å². The Bertz CT molecular complexity index is 1150. The zero-order valence-electron chi connectivity index (χ0n) is 21.3. The van der Waals surface area contributed by atoms with Crippen molar-refractivity contribution in [2.75, 3.05) is 25.6 Å². The van der Waals surface area contributed by atoms with Gasteiger partial charge in [-0.3, -0.25) is 4.79 Å². The van der Waals surface area contributed by atoms with Crippen molar-refractivity contribution in [3.05, 3.63) is 78.0 Å². The molecule has 1 heterocycles. The van der Waals surface area contributed by atoms with Crippen LogP contribution in [-0.2, 0) is 11.2 Å². The molecule has 9 heteroatoms. The molecular weight excluding hydrogens is 474 g/mol. The average molecular weight is 508 g/mol. The number of rotatable bonds is 14. The molecule has 1 atom stereocenters. The van der Waals surface area contributed by atoms with E-state index in [2.05, 4.69) is 15.6 Å². The van der Waals surface area contributed by atoms with Crippen molar-refractivity contribution in [3.63, 3.8) is 0 Å². The normalized spacial score (nSPS) is 11.5. The molecule has 196 valence electrons. The number of carbonyl (C=O) groups excluding carboxylic acids is 1. The van der Waals surface area contributed by atoms with E-state index in [0.29, 0.717) is 30.2 Å². The Balaban J connectivity index is 1.45. The molecule has 0 aliphatic rings. The zero-order valence-corrected chi connectivity index (χ0v) is 21.3. The lowest BCUT2D eigenvalue weighted by molar-refractivity contribution is -0.139. The largest absolute Gasteiger partial charge is 0.497 e. The molecule has 0 aliphatic heterocycles. The van der Waals surface area contributed by atoms with Crippen LogP contribution >= 0.6 is 0 Å². The first-order chi connectivity index (χ1) is 17.8. The van der Waals surface area contributed by atoms with Crippen LogP contribution in [0.1, 0.15) is 36.2 Å². The quantitative estimate of drug-likeness (QED) is 0.278. The summed E-state index contributed by atoms with van der Waals surface area (Å²) < 4.78 is 16.5. The summed E-state index contributed by atoms with van der Waals surface area (Å²) in [5, 5.41) is 15.4. The van der Waals surface area contributed by atoms with Crippen molar-refractivity contribution >= 4 is 17.7 Å². The molecule has 1 aromatic heterocycles. The molecule has 0 bridgehead atoms. The Kier molecular flexibility index (Phi) is 10.1. The molecule has 0 radical (unpaired) electrons. The fourth-order valence-electron chi connectivity index (χ4n) is 3.47. The lowest BCUT2D eigenvalue weighted by Gasteiger charge is -2.16. The maximum absolute atomic E-state index is 12.6. The van der Waals surface area contributed by atoms with Crippen LogP contribution in [0.5, 0.6) is 17.2 Å². The van der Waals surface area contributed by atoms with Crippen LogP contribution in [0.3, 0.4) is 0 Å². The van der Waals surface area contributed by atoms with Crippen LogP contribution in [0.25, 0.3) is 0 Å². The van der Waals surface area contributed by atoms with Gasteiger partial charge in [-0.2, -0.15) is 0 Å². The number of nitrogens with one attached hydrogen (secondary N) is 2. The number of anilines is 1. The third-order valence-electron chi connectivity index (χ3n) is 5.32. The minimum Gasteiger partial charge on any atom is -0.497 e. The highest BCUT2D eigenvalue weighted by Crippen LogP contribution is 2.17. The third-order valence-corrected chi connectivity index (χ3v) is 5.32. The van der Waals surface area contributed by atoms with Crippen LogP contribution in [0.2, 0.25) is 0 Å². The number of hydrogen-bond donors (Lipinski definition) is 3. The van der Waals surface area contributed by atoms with E-state index in [1.807, 2.05) is 19.9 Å². The SMILES string of the molecule is COc1ccnc(NCCCOc2ccc(C[C@H](NC(=O)c3ccc(OC(C)C)cc3)C(=O)O)cc2)c1. The second-order valence-corrected chi connectivity index (χ2v) is 8.61. The van der Waals surface area contributed by atoms with E-state index >= 15 is 0 Å². The smallest absolute Gasteiger partial charge is 0.326 e. The lowest BCUT2D eigenvalue weighted by atomic mass is 10.1. The van der Waals surface area contributed by atoms with Crippen molar-refractivity contribution in [2.45, 2.75) is 38.8 Å². The molecule has 0 saturated carbocycles. The average Bonchev–Trinajstić information content (AvgIpc) is 2.89. The van der Waals surface area contributed by atoms with Crippen molar-refractivity contribution in [2.24, 2.45) is 0 Å². The van der Waals surface area contributed by atoms with Crippen LogP contribution in [-0.4, -0.2) is 54.4 Å². The number of methoxy groups -OCH3 is 1. The first kappa shape index (κ1) is 27.3. The highest BCUT2D eigenvalue weighted by Gasteiger charge is 2.21. The van der Waals surface area contributed by atoms with Gasteiger partial charge in [-0.1, -0.05) is 12.1 Å². The van der Waals surface area contributed by atoms with Gasteiger partial charge in [0, 0.05) is 30.8 Å². The molecule has 0 spiro atoms. The minimum absolute atomic E-state index is 0.0205. The van der Waals surface area contributed by atoms with Gasteiger partial charge >= 0.3 is 5.97 Å². The summed E-state index contributed by atoms with van der Waals surface area (Å²) in [6.45, 7) is 5.02. The number of carbonyl (C=O) groups is 2. The molecule has 3 rings (SSSR count). The number of carboxylic acids is 1. The third kappa shape index (κ3) is 9.03. The Hall–Kier alpha value is -4.27. The van der Waals surface area contributed by atoms with Gasteiger partial charge in [-0.25, -0.2) is 9.78 Å². The molecule has 0 unspecified atom stereocenters. The second kappa shape index (κ2) is 13.7. The molecule has 2 aromatic carbocycles. The maximum atomic E-state index is 12.6. The number of carboxylic acid groups (broad SMARTS) is 1. The molecular formula is C28H33N3O6. The Labute approximate surface area is 216 Å². The van der Waals surface area contributed by atoms with Crippen molar-refractivity contribution < 1.29 is 28.9 Å². The summed E-state index contributed by atoms with van der Waals surface area (Å²) in [7, 11) is 1.61. The van der Waals surface area contributed by atoms with E-state index in [9.17, 15) is 14.7 Å². The van der Waals surface area contributed by atoms with E-state index in [0.717, 1.165) is 23.6 Å². The summed E-state index contributed by atoms with van der Waals surface area (Å²) >= 11 is 0. The number of aromatic nitrogens is 1. The molecule has 3 aromatic rings. The van der Waals surface area contributed by atoms with Crippen LogP contribution in [0.15, 0.2) is 66.9 Å². The number of benzene rings is 2. The maximum Gasteiger partial charge on any atom is 0.326 e. The number of nitrogens with zero attached hydrogens (tertiary/aromatic N) is 1. The Morgan fingerprint density at radius 3 is 2.32 bits per heavy atom. The molecule has 3 N–H and O–H groups in total. The fourth-order valence-corrected chi connectivity index (χ4v) is 3.47. The standard InChI is InChI=1S/C28H33N3O6/c1-19(2)37-23-11-7-21(8-12-23)27(32)31-25(28(33)34)17-20-5-9-22(10-6-20)36-16-4-14-29-26-18-24(35-3)13-15-30-26/h5-13,15,18-19,25H,4,14,16-17H2,1-3H3,(H,29,30)(H,31,32)(H,33,34)/t25-/m0/s1. The highest BCUT2D eigenvalue weighted by molar-refractivity contribution is 5.96. The summed E-state index contributed by atoms with van der Waals surface area (Å²) in [5.41, 5.74) is 1.13. The summed E-state index contributed by atoms with van der Waals surface area (Å²) in [5.74, 6) is 1.25. The van der Waals surface area contributed by atoms with Gasteiger partial charge in [0.1, 0.15) is 29.1 Å². The van der Waals surface area contributed by atoms with E-state index < -0.39 is 17.9 Å². The van der Waals surface area contributed by atoms with Crippen LogP contribution < -0.4 is 24.8 Å². The fraction of sp³-hybridized carbons (Fsp3) is 0.321. The van der Waals surface area contributed by atoms with Gasteiger partial charge in [-0.15, -0.1) is 0 Å². The topological polar surface area (TPSA) is 119 Å². The lowest BCUT2D eigenvalue weighted by Crippen LogP contribution is -2.42. The highest BCUT2D eigenvalue weighted by atomic mass is 16.5. The first-order valence-electron chi connectivity index (χ1n) is 12.1. The zero-order chi connectivity index (χ0) is 26.6. The van der Waals surface area contributed by atoms with Gasteiger partial charge in [0.25, 0.3) is 5.91 Å². The van der Waals surface area contributed by atoms with E-state index in [4.69, 9.17) is 14.2 Å². The summed E-state index contributed by atoms with van der Waals surface area (Å²) in [4.78, 5) is 28.6. The first-order valence-corrected chi connectivity index (χ1v) is 12.1. The number of amides is 1. The predicted molar refractivity (Wildman–Crippen MR) is 141 cm³/mol. The van der Waals surface area contributed by atoms with E-state index in [1.54, 1.807) is 67.9 Å². The number of pyridine rings is 1. The minimum atomic E-state index is -1.11. The summed E-state index contributed by atoms with van der Waals surface area (Å²) in [6, 6.07) is 16.3. The Morgan fingerprint density at radius 2 is 1.68 bits per heavy atom. The van der Waals surface area contributed by atoms with Crippen molar-refractivity contribution in [3.8, 4) is 17.2 Å². The Morgan fingerprint density at radius 1 is 0.973 bits per heavy atom. The van der Waals surface area contributed by atoms with Gasteiger partial charge < -0.3 is 30.0 Å². The summed E-state index contributed by atoms with van der Waals surface area (Å²) in [6.07, 6.45) is 2.61. The molecule has 0 saturated heterocycles.